The van der Waals surface area contributed by atoms with E-state index in [1.807, 2.05) is 55.5 Å². The van der Waals surface area contributed by atoms with Gasteiger partial charge in [-0.1, -0.05) is 42.5 Å². The van der Waals surface area contributed by atoms with Gasteiger partial charge in [-0.2, -0.15) is 0 Å². The summed E-state index contributed by atoms with van der Waals surface area (Å²) in [5, 5.41) is 0.679. The van der Waals surface area contributed by atoms with E-state index in [4.69, 9.17) is 0 Å². The van der Waals surface area contributed by atoms with Crippen LogP contribution in [0.25, 0.3) is 10.9 Å². The van der Waals surface area contributed by atoms with Crippen LogP contribution in [-0.2, 0) is 6.54 Å². The number of aromatic nitrogens is 2. The summed E-state index contributed by atoms with van der Waals surface area (Å²) in [4.78, 5) is 16.8. The number of rotatable bonds is 2. The van der Waals surface area contributed by atoms with Crippen LogP contribution in [0.4, 0.5) is 0 Å². The number of benzene rings is 2. The van der Waals surface area contributed by atoms with E-state index in [-0.39, 0.29) is 5.56 Å². The molecular formula is C16H14N2O. The van der Waals surface area contributed by atoms with Crippen molar-refractivity contribution in [1.29, 1.82) is 0 Å². The lowest BCUT2D eigenvalue weighted by Crippen LogP contribution is -2.21. The third-order valence-electron chi connectivity index (χ3n) is 3.25. The molecule has 0 aliphatic rings. The van der Waals surface area contributed by atoms with Gasteiger partial charge in [-0.3, -0.25) is 9.36 Å². The van der Waals surface area contributed by atoms with Crippen LogP contribution in [0.2, 0.25) is 0 Å². The number of nitrogens with zero attached hydrogens (tertiary/aromatic N) is 2. The molecule has 0 unspecified atom stereocenters. The van der Waals surface area contributed by atoms with Crippen molar-refractivity contribution in [3.63, 3.8) is 0 Å². The van der Waals surface area contributed by atoms with Gasteiger partial charge in [0.15, 0.2) is 0 Å². The third kappa shape index (κ3) is 2.15. The highest BCUT2D eigenvalue weighted by Crippen LogP contribution is 2.11. The third-order valence-corrected chi connectivity index (χ3v) is 3.25. The molecule has 3 nitrogen and oxygen atoms in total. The highest BCUT2D eigenvalue weighted by atomic mass is 16.1. The molecule has 1 aromatic heterocycles. The minimum Gasteiger partial charge on any atom is -0.294 e. The van der Waals surface area contributed by atoms with Crippen molar-refractivity contribution >= 4 is 10.9 Å². The van der Waals surface area contributed by atoms with Crippen molar-refractivity contribution in [3.8, 4) is 0 Å². The van der Waals surface area contributed by atoms with Crippen LogP contribution in [0.1, 0.15) is 11.1 Å². The Balaban J connectivity index is 2.11. The predicted molar refractivity (Wildman–Crippen MR) is 76.3 cm³/mol. The van der Waals surface area contributed by atoms with Gasteiger partial charge in [-0.15, -0.1) is 0 Å². The molecular weight excluding hydrogens is 236 g/mol. The highest BCUT2D eigenvalue weighted by molar-refractivity contribution is 5.80. The molecule has 0 fully saturated rings. The second-order valence-corrected chi connectivity index (χ2v) is 4.63. The van der Waals surface area contributed by atoms with E-state index in [0.717, 1.165) is 16.6 Å². The van der Waals surface area contributed by atoms with Crippen LogP contribution < -0.4 is 5.56 Å². The Morgan fingerprint density at radius 3 is 2.63 bits per heavy atom. The second-order valence-electron chi connectivity index (χ2n) is 4.63. The number of hydrogen-bond donors (Lipinski definition) is 0. The van der Waals surface area contributed by atoms with E-state index in [2.05, 4.69) is 4.98 Å². The average Bonchev–Trinajstić information content (AvgIpc) is 2.44. The van der Waals surface area contributed by atoms with Crippen molar-refractivity contribution in [2.45, 2.75) is 13.5 Å². The van der Waals surface area contributed by atoms with Crippen molar-refractivity contribution in [3.05, 3.63) is 76.3 Å². The fourth-order valence-corrected chi connectivity index (χ4v) is 2.23. The number of hydrogen-bond acceptors (Lipinski definition) is 2. The zero-order valence-corrected chi connectivity index (χ0v) is 10.7. The van der Waals surface area contributed by atoms with E-state index in [1.54, 1.807) is 10.9 Å². The van der Waals surface area contributed by atoms with Crippen LogP contribution in [0.3, 0.4) is 0 Å². The molecule has 2 aromatic carbocycles. The Morgan fingerprint density at radius 2 is 1.84 bits per heavy atom. The van der Waals surface area contributed by atoms with E-state index >= 15 is 0 Å². The molecule has 3 heteroatoms. The van der Waals surface area contributed by atoms with Crippen LogP contribution in [0.15, 0.2) is 59.7 Å². The van der Waals surface area contributed by atoms with E-state index in [1.165, 1.54) is 0 Å². The quantitative estimate of drug-likeness (QED) is 0.701. The normalized spacial score (nSPS) is 10.8. The number of fused-ring (bicyclic) bond motifs is 1. The van der Waals surface area contributed by atoms with Crippen molar-refractivity contribution in [2.24, 2.45) is 0 Å². The van der Waals surface area contributed by atoms with E-state index in [9.17, 15) is 4.79 Å². The molecule has 0 spiro atoms. The molecule has 0 aliphatic carbocycles. The maximum Gasteiger partial charge on any atom is 0.261 e. The zero-order valence-electron chi connectivity index (χ0n) is 10.7. The molecule has 0 radical (unpaired) electrons. The molecule has 1 heterocycles. The van der Waals surface area contributed by atoms with Gasteiger partial charge in [-0.05, 0) is 24.1 Å². The summed E-state index contributed by atoms with van der Waals surface area (Å²) < 4.78 is 1.65. The molecule has 0 aliphatic heterocycles. The Bertz CT molecular complexity index is 776. The van der Waals surface area contributed by atoms with Gasteiger partial charge < -0.3 is 0 Å². The molecule has 0 saturated heterocycles. The first-order chi connectivity index (χ1) is 9.25. The monoisotopic (exact) mass is 250 g/mol. The van der Waals surface area contributed by atoms with Crippen molar-refractivity contribution < 1.29 is 0 Å². The molecule has 0 amide bonds. The minimum absolute atomic E-state index is 0.0116. The zero-order chi connectivity index (χ0) is 13.2. The summed E-state index contributed by atoms with van der Waals surface area (Å²) in [7, 11) is 0. The first-order valence-electron chi connectivity index (χ1n) is 6.24. The lowest BCUT2D eigenvalue weighted by atomic mass is 10.1. The number of aryl methyl sites for hydroxylation is 1. The summed E-state index contributed by atoms with van der Waals surface area (Å²) in [6.07, 6.45) is 1.63. The molecule has 0 saturated carbocycles. The second kappa shape index (κ2) is 4.69. The standard InChI is InChI=1S/C16H14N2O/c1-12-6-5-9-14-15(12)17-11-18(16(14)19)10-13-7-3-2-4-8-13/h2-9,11H,10H2,1H3. The fraction of sp³-hybridized carbons (Fsp3) is 0.125. The summed E-state index contributed by atoms with van der Waals surface area (Å²) in [5.74, 6) is 0. The van der Waals surface area contributed by atoms with Gasteiger partial charge in [0.25, 0.3) is 5.56 Å². The Hall–Kier alpha value is -2.42. The van der Waals surface area contributed by atoms with Crippen molar-refractivity contribution in [1.82, 2.24) is 9.55 Å². The van der Waals surface area contributed by atoms with Gasteiger partial charge >= 0.3 is 0 Å². The minimum atomic E-state index is 0.0116. The Morgan fingerprint density at radius 1 is 1.05 bits per heavy atom. The van der Waals surface area contributed by atoms with Crippen LogP contribution in [0, 0.1) is 6.92 Å². The van der Waals surface area contributed by atoms with Gasteiger partial charge in [0, 0.05) is 0 Å². The molecule has 94 valence electrons. The lowest BCUT2D eigenvalue weighted by Gasteiger charge is -2.07. The molecule has 3 aromatic rings. The topological polar surface area (TPSA) is 34.9 Å². The lowest BCUT2D eigenvalue weighted by molar-refractivity contribution is 0.748. The maximum atomic E-state index is 12.4. The van der Waals surface area contributed by atoms with Gasteiger partial charge in [0.2, 0.25) is 0 Å². The Labute approximate surface area is 111 Å². The first kappa shape index (κ1) is 11.7. The SMILES string of the molecule is Cc1cccc2c(=O)n(Cc3ccccc3)cnc12. The highest BCUT2D eigenvalue weighted by Gasteiger charge is 2.05. The van der Waals surface area contributed by atoms with Gasteiger partial charge in [-0.25, -0.2) is 4.98 Å². The maximum absolute atomic E-state index is 12.4. The van der Waals surface area contributed by atoms with Gasteiger partial charge in [0.1, 0.15) is 0 Å². The summed E-state index contributed by atoms with van der Waals surface area (Å²) >= 11 is 0. The van der Waals surface area contributed by atoms with Crippen LogP contribution >= 0.6 is 0 Å². The summed E-state index contributed by atoms with van der Waals surface area (Å²) in [5.41, 5.74) is 2.93. The van der Waals surface area contributed by atoms with Crippen molar-refractivity contribution in [2.75, 3.05) is 0 Å². The van der Waals surface area contributed by atoms with Crippen LogP contribution in [-0.4, -0.2) is 9.55 Å². The molecule has 0 atom stereocenters. The molecule has 3 rings (SSSR count). The summed E-state index contributed by atoms with van der Waals surface area (Å²) in [6, 6.07) is 15.6. The molecule has 0 bridgehead atoms. The van der Waals surface area contributed by atoms with Gasteiger partial charge in [0.05, 0.1) is 23.8 Å². The van der Waals surface area contributed by atoms with E-state index in [0.29, 0.717) is 11.9 Å². The smallest absolute Gasteiger partial charge is 0.261 e. The van der Waals surface area contributed by atoms with E-state index < -0.39 is 0 Å². The predicted octanol–water partition coefficient (Wildman–Crippen LogP) is 2.75. The number of para-hydroxylation sites is 1. The molecule has 19 heavy (non-hydrogen) atoms. The largest absolute Gasteiger partial charge is 0.294 e. The first-order valence-corrected chi connectivity index (χ1v) is 6.24. The fourth-order valence-electron chi connectivity index (χ4n) is 2.23. The summed E-state index contributed by atoms with van der Waals surface area (Å²) in [6.45, 7) is 2.52. The molecule has 0 N–H and O–H groups in total. The average molecular weight is 250 g/mol. The van der Waals surface area contributed by atoms with Crippen LogP contribution in [0.5, 0.6) is 0 Å². The Kier molecular flexibility index (Phi) is 2.88.